The van der Waals surface area contributed by atoms with Crippen LogP contribution in [-0.2, 0) is 0 Å². The van der Waals surface area contributed by atoms with Crippen LogP contribution >= 0.6 is 0 Å². The van der Waals surface area contributed by atoms with Gasteiger partial charge in [-0.05, 0) is 24.6 Å². The zero-order chi connectivity index (χ0) is 10.6. The SMILES string of the molecule is C=CCNC(C)c1ccc(F)c(F)c1. The molecule has 0 aliphatic carbocycles. The standard InChI is InChI=1S/C11H13F2N/c1-3-6-14-8(2)9-4-5-10(12)11(13)7-9/h3-5,7-8,14H,1,6H2,2H3. The van der Waals surface area contributed by atoms with E-state index in [4.69, 9.17) is 0 Å². The smallest absolute Gasteiger partial charge is 0.159 e. The van der Waals surface area contributed by atoms with Crippen molar-refractivity contribution in [2.75, 3.05) is 6.54 Å². The maximum Gasteiger partial charge on any atom is 0.159 e. The molecule has 1 aromatic carbocycles. The topological polar surface area (TPSA) is 12.0 Å². The summed E-state index contributed by atoms with van der Waals surface area (Å²) < 4.78 is 25.4. The van der Waals surface area contributed by atoms with Gasteiger partial charge in [-0.1, -0.05) is 12.1 Å². The van der Waals surface area contributed by atoms with Gasteiger partial charge in [0.2, 0.25) is 0 Å². The number of nitrogens with one attached hydrogen (secondary N) is 1. The predicted octanol–water partition coefficient (Wildman–Crippen LogP) is 2.80. The van der Waals surface area contributed by atoms with E-state index in [0.29, 0.717) is 6.54 Å². The number of hydrogen-bond donors (Lipinski definition) is 1. The van der Waals surface area contributed by atoms with Crippen LogP contribution in [0.1, 0.15) is 18.5 Å². The first-order valence-corrected chi connectivity index (χ1v) is 4.44. The van der Waals surface area contributed by atoms with E-state index in [-0.39, 0.29) is 6.04 Å². The Balaban J connectivity index is 2.75. The van der Waals surface area contributed by atoms with Gasteiger partial charge in [0.15, 0.2) is 11.6 Å². The molecule has 0 bridgehead atoms. The minimum absolute atomic E-state index is 0.0110. The van der Waals surface area contributed by atoms with Crippen molar-refractivity contribution < 1.29 is 8.78 Å². The molecule has 1 unspecified atom stereocenters. The number of rotatable bonds is 4. The van der Waals surface area contributed by atoms with Crippen molar-refractivity contribution in [3.05, 3.63) is 48.1 Å². The van der Waals surface area contributed by atoms with Crippen LogP contribution in [0.2, 0.25) is 0 Å². The molecular weight excluding hydrogens is 184 g/mol. The van der Waals surface area contributed by atoms with E-state index in [1.807, 2.05) is 6.92 Å². The summed E-state index contributed by atoms with van der Waals surface area (Å²) in [5, 5.41) is 3.09. The van der Waals surface area contributed by atoms with Crippen molar-refractivity contribution >= 4 is 0 Å². The minimum atomic E-state index is -0.815. The summed E-state index contributed by atoms with van der Waals surface area (Å²) in [6, 6.07) is 3.90. The van der Waals surface area contributed by atoms with Gasteiger partial charge in [-0.3, -0.25) is 0 Å². The van der Waals surface area contributed by atoms with Crippen molar-refractivity contribution in [1.29, 1.82) is 0 Å². The normalized spacial score (nSPS) is 12.5. The molecule has 0 aromatic heterocycles. The van der Waals surface area contributed by atoms with Gasteiger partial charge in [0.05, 0.1) is 0 Å². The molecule has 0 radical (unpaired) electrons. The summed E-state index contributed by atoms with van der Waals surface area (Å²) in [5.41, 5.74) is 0.728. The van der Waals surface area contributed by atoms with Crippen LogP contribution in [0.25, 0.3) is 0 Å². The third kappa shape index (κ3) is 2.64. The highest BCUT2D eigenvalue weighted by Crippen LogP contribution is 2.15. The molecule has 1 aromatic rings. The first-order valence-electron chi connectivity index (χ1n) is 4.44. The summed E-state index contributed by atoms with van der Waals surface area (Å²) in [6.45, 7) is 6.09. The Labute approximate surface area is 82.4 Å². The van der Waals surface area contributed by atoms with E-state index >= 15 is 0 Å². The average Bonchev–Trinajstić information content (AvgIpc) is 2.18. The Hall–Kier alpha value is -1.22. The van der Waals surface area contributed by atoms with E-state index in [2.05, 4.69) is 11.9 Å². The Kier molecular flexibility index (Phi) is 3.77. The molecule has 0 fully saturated rings. The van der Waals surface area contributed by atoms with Gasteiger partial charge in [-0.15, -0.1) is 6.58 Å². The zero-order valence-electron chi connectivity index (χ0n) is 8.06. The first-order chi connectivity index (χ1) is 6.65. The van der Waals surface area contributed by atoms with Gasteiger partial charge in [0, 0.05) is 12.6 Å². The van der Waals surface area contributed by atoms with Crippen molar-refractivity contribution in [3.8, 4) is 0 Å². The Morgan fingerprint density at radius 3 is 2.71 bits per heavy atom. The van der Waals surface area contributed by atoms with Crippen LogP contribution < -0.4 is 5.32 Å². The lowest BCUT2D eigenvalue weighted by molar-refractivity contribution is 0.503. The van der Waals surface area contributed by atoms with Crippen molar-refractivity contribution in [3.63, 3.8) is 0 Å². The van der Waals surface area contributed by atoms with Gasteiger partial charge in [0.1, 0.15) is 0 Å². The van der Waals surface area contributed by atoms with E-state index < -0.39 is 11.6 Å². The molecule has 1 rings (SSSR count). The second-order valence-electron chi connectivity index (χ2n) is 3.09. The molecular formula is C11H13F2N. The third-order valence-corrected chi connectivity index (χ3v) is 2.01. The van der Waals surface area contributed by atoms with Gasteiger partial charge in [0.25, 0.3) is 0 Å². The minimum Gasteiger partial charge on any atom is -0.307 e. The summed E-state index contributed by atoms with van der Waals surface area (Å²) in [4.78, 5) is 0. The fraction of sp³-hybridized carbons (Fsp3) is 0.273. The molecule has 14 heavy (non-hydrogen) atoms. The molecule has 3 heteroatoms. The van der Waals surface area contributed by atoms with Crippen LogP contribution in [0.3, 0.4) is 0 Å². The van der Waals surface area contributed by atoms with Crippen molar-refractivity contribution in [1.82, 2.24) is 5.32 Å². The lowest BCUT2D eigenvalue weighted by Gasteiger charge is -2.12. The van der Waals surface area contributed by atoms with Crippen LogP contribution in [0.5, 0.6) is 0 Å². The van der Waals surface area contributed by atoms with Crippen LogP contribution in [0.4, 0.5) is 8.78 Å². The lowest BCUT2D eigenvalue weighted by atomic mass is 10.1. The Bertz CT molecular complexity index is 323. The molecule has 1 N–H and O–H groups in total. The molecule has 0 spiro atoms. The van der Waals surface area contributed by atoms with Gasteiger partial charge >= 0.3 is 0 Å². The summed E-state index contributed by atoms with van der Waals surface area (Å²) >= 11 is 0. The molecule has 1 atom stereocenters. The number of benzene rings is 1. The Morgan fingerprint density at radius 2 is 2.14 bits per heavy atom. The van der Waals surface area contributed by atoms with Crippen molar-refractivity contribution in [2.24, 2.45) is 0 Å². The molecule has 0 saturated heterocycles. The number of halogens is 2. The highest BCUT2D eigenvalue weighted by molar-refractivity contribution is 5.20. The quantitative estimate of drug-likeness (QED) is 0.732. The second-order valence-corrected chi connectivity index (χ2v) is 3.09. The highest BCUT2D eigenvalue weighted by Gasteiger charge is 2.07. The molecule has 0 aliphatic heterocycles. The van der Waals surface area contributed by atoms with Crippen LogP contribution in [-0.4, -0.2) is 6.54 Å². The molecule has 1 nitrogen and oxygen atoms in total. The Morgan fingerprint density at radius 1 is 1.43 bits per heavy atom. The summed E-state index contributed by atoms with van der Waals surface area (Å²) in [6.07, 6.45) is 1.72. The van der Waals surface area contributed by atoms with Gasteiger partial charge in [-0.25, -0.2) is 8.78 Å². The molecule has 0 amide bonds. The third-order valence-electron chi connectivity index (χ3n) is 2.01. The fourth-order valence-corrected chi connectivity index (χ4v) is 1.16. The van der Waals surface area contributed by atoms with Gasteiger partial charge < -0.3 is 5.32 Å². The van der Waals surface area contributed by atoms with E-state index in [1.165, 1.54) is 6.07 Å². The van der Waals surface area contributed by atoms with Crippen LogP contribution in [0, 0.1) is 11.6 Å². The van der Waals surface area contributed by atoms with E-state index in [1.54, 1.807) is 12.1 Å². The van der Waals surface area contributed by atoms with Crippen molar-refractivity contribution in [2.45, 2.75) is 13.0 Å². The maximum atomic E-state index is 12.8. The maximum absolute atomic E-state index is 12.8. The van der Waals surface area contributed by atoms with Gasteiger partial charge in [-0.2, -0.15) is 0 Å². The zero-order valence-corrected chi connectivity index (χ0v) is 8.06. The van der Waals surface area contributed by atoms with Crippen LogP contribution in [0.15, 0.2) is 30.9 Å². The molecule has 0 aliphatic rings. The first kappa shape index (κ1) is 10.9. The largest absolute Gasteiger partial charge is 0.307 e. The molecule has 0 saturated carbocycles. The van der Waals surface area contributed by atoms with E-state index in [9.17, 15) is 8.78 Å². The average molecular weight is 197 g/mol. The highest BCUT2D eigenvalue weighted by atomic mass is 19.2. The summed E-state index contributed by atoms with van der Waals surface area (Å²) in [7, 11) is 0. The lowest BCUT2D eigenvalue weighted by Crippen LogP contribution is -2.18. The monoisotopic (exact) mass is 197 g/mol. The fourth-order valence-electron chi connectivity index (χ4n) is 1.16. The summed E-state index contributed by atoms with van der Waals surface area (Å²) in [5.74, 6) is -1.63. The predicted molar refractivity (Wildman–Crippen MR) is 53.0 cm³/mol. The molecule has 0 heterocycles. The van der Waals surface area contributed by atoms with E-state index in [0.717, 1.165) is 11.6 Å². The number of hydrogen-bond acceptors (Lipinski definition) is 1. The second kappa shape index (κ2) is 4.86. The molecule has 76 valence electrons.